The first-order valence-electron chi connectivity index (χ1n) is 7.43. The van der Waals surface area contributed by atoms with Gasteiger partial charge in [0.25, 0.3) is 5.91 Å². The molecule has 2 aromatic rings. The zero-order chi connectivity index (χ0) is 18.2. The van der Waals surface area contributed by atoms with Crippen LogP contribution in [0.3, 0.4) is 0 Å². The van der Waals surface area contributed by atoms with E-state index < -0.39 is 5.97 Å². The molecule has 0 radical (unpaired) electrons. The minimum Gasteiger partial charge on any atom is -0.493 e. The van der Waals surface area contributed by atoms with Gasteiger partial charge in [0.15, 0.2) is 18.1 Å². The van der Waals surface area contributed by atoms with Crippen molar-refractivity contribution in [2.24, 2.45) is 0 Å². The zero-order valence-electron chi connectivity index (χ0n) is 13.9. The largest absolute Gasteiger partial charge is 0.493 e. The maximum absolute atomic E-state index is 11.9. The number of nitrogens with one attached hydrogen (secondary N) is 1. The average Bonchev–Trinajstić information content (AvgIpc) is 2.64. The van der Waals surface area contributed by atoms with Gasteiger partial charge in [-0.05, 0) is 64.6 Å². The monoisotopic (exact) mass is 455 g/mol. The predicted octanol–water partition coefficient (Wildman–Crippen LogP) is 2.78. The summed E-state index contributed by atoms with van der Waals surface area (Å²) in [4.78, 5) is 23.7. The predicted molar refractivity (Wildman–Crippen MR) is 101 cm³/mol. The van der Waals surface area contributed by atoms with Crippen LogP contribution in [0.1, 0.15) is 15.9 Å². The molecule has 2 rings (SSSR count). The van der Waals surface area contributed by atoms with Crippen LogP contribution in [-0.2, 0) is 16.1 Å². The molecule has 0 aromatic heterocycles. The van der Waals surface area contributed by atoms with E-state index in [1.807, 2.05) is 6.07 Å². The summed E-state index contributed by atoms with van der Waals surface area (Å²) in [6, 6.07) is 12.3. The zero-order valence-corrected chi connectivity index (χ0v) is 16.0. The third kappa shape index (κ3) is 5.63. The van der Waals surface area contributed by atoms with Crippen molar-refractivity contribution in [2.45, 2.75) is 6.54 Å². The van der Waals surface area contributed by atoms with Crippen LogP contribution in [0, 0.1) is 3.57 Å². The highest BCUT2D eigenvalue weighted by Gasteiger charge is 2.10. The molecule has 1 amide bonds. The van der Waals surface area contributed by atoms with Gasteiger partial charge in [-0.25, -0.2) is 4.79 Å². The summed E-state index contributed by atoms with van der Waals surface area (Å²) in [5.74, 6) is 0.287. The van der Waals surface area contributed by atoms with E-state index >= 15 is 0 Å². The second kappa shape index (κ2) is 9.26. The van der Waals surface area contributed by atoms with Gasteiger partial charge in [0, 0.05) is 10.1 Å². The van der Waals surface area contributed by atoms with Crippen LogP contribution in [0.25, 0.3) is 0 Å². The van der Waals surface area contributed by atoms with Crippen LogP contribution in [0.5, 0.6) is 11.5 Å². The summed E-state index contributed by atoms with van der Waals surface area (Å²) >= 11 is 2.14. The number of amides is 1. The first-order valence-corrected chi connectivity index (χ1v) is 8.51. The fraction of sp³-hybridized carbons (Fsp3) is 0.222. The van der Waals surface area contributed by atoms with Crippen LogP contribution in [0.15, 0.2) is 42.5 Å². The molecular formula is C18H18INO5. The molecule has 2 aromatic carbocycles. The molecule has 0 unspecified atom stereocenters. The molecule has 0 aliphatic carbocycles. The number of halogens is 1. The molecule has 0 aliphatic rings. The maximum Gasteiger partial charge on any atom is 0.338 e. The van der Waals surface area contributed by atoms with Crippen molar-refractivity contribution in [2.75, 3.05) is 20.8 Å². The fourth-order valence-corrected chi connectivity index (χ4v) is 2.40. The number of hydrogen-bond donors (Lipinski definition) is 1. The van der Waals surface area contributed by atoms with E-state index in [0.29, 0.717) is 23.6 Å². The number of esters is 1. The van der Waals surface area contributed by atoms with Gasteiger partial charge in [0.2, 0.25) is 0 Å². The fourth-order valence-electron chi connectivity index (χ4n) is 2.04. The normalized spacial score (nSPS) is 10.0. The van der Waals surface area contributed by atoms with E-state index in [9.17, 15) is 9.59 Å². The number of rotatable bonds is 7. The van der Waals surface area contributed by atoms with Gasteiger partial charge in [0.05, 0.1) is 19.8 Å². The summed E-state index contributed by atoms with van der Waals surface area (Å²) in [6.45, 7) is -0.0433. The Morgan fingerprint density at radius 2 is 1.68 bits per heavy atom. The van der Waals surface area contributed by atoms with Crippen LogP contribution >= 0.6 is 22.6 Å². The van der Waals surface area contributed by atoms with Crippen molar-refractivity contribution >= 4 is 34.5 Å². The smallest absolute Gasteiger partial charge is 0.338 e. The minimum atomic E-state index is -0.530. The number of methoxy groups -OCH3 is 2. The van der Waals surface area contributed by atoms with Crippen molar-refractivity contribution in [3.63, 3.8) is 0 Å². The second-order valence-corrected chi connectivity index (χ2v) is 6.29. The number of hydrogen-bond acceptors (Lipinski definition) is 5. The van der Waals surface area contributed by atoms with Gasteiger partial charge in [-0.2, -0.15) is 0 Å². The Morgan fingerprint density at radius 3 is 2.32 bits per heavy atom. The third-order valence-electron chi connectivity index (χ3n) is 3.35. The summed E-state index contributed by atoms with van der Waals surface area (Å²) < 4.78 is 16.4. The molecule has 0 saturated carbocycles. The van der Waals surface area contributed by atoms with Gasteiger partial charge in [-0.1, -0.05) is 6.07 Å². The molecule has 0 heterocycles. The molecule has 0 fully saturated rings. The Hall–Kier alpha value is -2.29. The van der Waals surface area contributed by atoms with E-state index in [1.165, 1.54) is 0 Å². The van der Waals surface area contributed by atoms with E-state index in [0.717, 1.165) is 9.13 Å². The van der Waals surface area contributed by atoms with E-state index in [1.54, 1.807) is 50.6 Å². The number of carbonyl (C=O) groups excluding carboxylic acids is 2. The topological polar surface area (TPSA) is 73.9 Å². The molecule has 0 bridgehead atoms. The van der Waals surface area contributed by atoms with Crippen molar-refractivity contribution in [3.05, 3.63) is 57.2 Å². The quantitative estimate of drug-likeness (QED) is 0.514. The second-order valence-electron chi connectivity index (χ2n) is 5.05. The first kappa shape index (κ1) is 19.0. The molecule has 7 heteroatoms. The highest BCUT2D eigenvalue weighted by atomic mass is 127. The Morgan fingerprint density at radius 1 is 1.00 bits per heavy atom. The Labute approximate surface area is 159 Å². The van der Waals surface area contributed by atoms with Crippen molar-refractivity contribution < 1.29 is 23.8 Å². The molecule has 6 nitrogen and oxygen atoms in total. The molecular weight excluding hydrogens is 437 g/mol. The molecule has 0 atom stereocenters. The summed E-state index contributed by atoms with van der Waals surface area (Å²) in [5.41, 5.74) is 1.25. The SMILES string of the molecule is COc1ccc(CNC(=O)COC(=O)c2ccc(I)cc2)cc1OC. The highest BCUT2D eigenvalue weighted by Crippen LogP contribution is 2.27. The average molecular weight is 455 g/mol. The summed E-state index contributed by atoms with van der Waals surface area (Å²) in [6.07, 6.45) is 0. The molecule has 132 valence electrons. The summed E-state index contributed by atoms with van der Waals surface area (Å²) in [5, 5.41) is 2.69. The number of carbonyl (C=O) groups is 2. The van der Waals surface area contributed by atoms with Gasteiger partial charge >= 0.3 is 5.97 Å². The van der Waals surface area contributed by atoms with E-state index in [4.69, 9.17) is 14.2 Å². The van der Waals surface area contributed by atoms with Crippen LogP contribution < -0.4 is 14.8 Å². The van der Waals surface area contributed by atoms with Crippen LogP contribution in [-0.4, -0.2) is 32.7 Å². The molecule has 0 aliphatic heterocycles. The van der Waals surface area contributed by atoms with Crippen molar-refractivity contribution in [3.8, 4) is 11.5 Å². The lowest BCUT2D eigenvalue weighted by Gasteiger charge is -2.10. The number of ether oxygens (including phenoxy) is 3. The van der Waals surface area contributed by atoms with E-state index in [2.05, 4.69) is 27.9 Å². The summed E-state index contributed by atoms with van der Waals surface area (Å²) in [7, 11) is 3.10. The maximum atomic E-state index is 11.9. The molecule has 0 spiro atoms. The molecule has 25 heavy (non-hydrogen) atoms. The van der Waals surface area contributed by atoms with Gasteiger partial charge in [-0.15, -0.1) is 0 Å². The standard InChI is InChI=1S/C18H18INO5/c1-23-15-8-3-12(9-16(15)24-2)10-20-17(21)11-25-18(22)13-4-6-14(19)7-5-13/h3-9H,10-11H2,1-2H3,(H,20,21). The Balaban J connectivity index is 1.82. The van der Waals surface area contributed by atoms with Crippen LogP contribution in [0.4, 0.5) is 0 Å². The number of benzene rings is 2. The van der Waals surface area contributed by atoms with Gasteiger partial charge in [0.1, 0.15) is 0 Å². The Kier molecular flexibility index (Phi) is 7.05. The van der Waals surface area contributed by atoms with Crippen molar-refractivity contribution in [1.29, 1.82) is 0 Å². The molecule has 0 saturated heterocycles. The van der Waals surface area contributed by atoms with Crippen molar-refractivity contribution in [1.82, 2.24) is 5.32 Å². The lowest BCUT2D eigenvalue weighted by Crippen LogP contribution is -2.28. The third-order valence-corrected chi connectivity index (χ3v) is 4.07. The van der Waals surface area contributed by atoms with E-state index in [-0.39, 0.29) is 12.5 Å². The lowest BCUT2D eigenvalue weighted by molar-refractivity contribution is -0.124. The Bertz CT molecular complexity index is 746. The van der Waals surface area contributed by atoms with Gasteiger partial charge in [-0.3, -0.25) is 4.79 Å². The van der Waals surface area contributed by atoms with Gasteiger partial charge < -0.3 is 19.5 Å². The van der Waals surface area contributed by atoms with Crippen LogP contribution in [0.2, 0.25) is 0 Å². The highest BCUT2D eigenvalue weighted by molar-refractivity contribution is 14.1. The first-order chi connectivity index (χ1) is 12.0. The molecule has 1 N–H and O–H groups in total. The lowest BCUT2D eigenvalue weighted by atomic mass is 10.2. The minimum absolute atomic E-state index is 0.292.